The average molecular weight is 251 g/mol. The van der Waals surface area contributed by atoms with Gasteiger partial charge in [-0.05, 0) is 26.5 Å². The summed E-state index contributed by atoms with van der Waals surface area (Å²) in [5.74, 6) is 0. The first-order valence-electron chi connectivity index (χ1n) is 6.85. The molecular weight excluding hydrogens is 226 g/mol. The van der Waals surface area contributed by atoms with E-state index in [1.165, 1.54) is 0 Å². The Morgan fingerprint density at radius 1 is 1.50 bits per heavy atom. The van der Waals surface area contributed by atoms with E-state index in [2.05, 4.69) is 37.8 Å². The van der Waals surface area contributed by atoms with Crippen LogP contribution in [0.25, 0.3) is 0 Å². The van der Waals surface area contributed by atoms with Gasteiger partial charge in [0.15, 0.2) is 0 Å². The molecule has 1 aliphatic rings. The van der Waals surface area contributed by atoms with E-state index in [4.69, 9.17) is 4.74 Å². The molecule has 0 saturated heterocycles. The Bertz CT molecular complexity index is 361. The zero-order valence-electron chi connectivity index (χ0n) is 12.0. The Morgan fingerprint density at radius 2 is 2.28 bits per heavy atom. The van der Waals surface area contributed by atoms with Gasteiger partial charge in [-0.2, -0.15) is 5.10 Å². The molecule has 1 fully saturated rings. The van der Waals surface area contributed by atoms with E-state index >= 15 is 0 Å². The lowest BCUT2D eigenvalue weighted by Gasteiger charge is -2.55. The predicted octanol–water partition coefficient (Wildman–Crippen LogP) is 2.02. The topological polar surface area (TPSA) is 30.3 Å². The van der Waals surface area contributed by atoms with E-state index in [0.29, 0.717) is 12.1 Å². The lowest BCUT2D eigenvalue weighted by atomic mass is 9.64. The lowest BCUT2D eigenvalue weighted by Crippen LogP contribution is -2.61. The first-order valence-corrected chi connectivity index (χ1v) is 6.85. The molecule has 0 aliphatic heterocycles. The molecule has 18 heavy (non-hydrogen) atoms. The van der Waals surface area contributed by atoms with Crippen molar-refractivity contribution in [1.29, 1.82) is 0 Å². The van der Waals surface area contributed by atoms with Gasteiger partial charge in [-0.25, -0.2) is 0 Å². The van der Waals surface area contributed by atoms with Gasteiger partial charge in [-0.3, -0.25) is 4.68 Å². The van der Waals surface area contributed by atoms with Crippen molar-refractivity contribution in [2.24, 2.45) is 5.41 Å². The second kappa shape index (κ2) is 5.41. The maximum Gasteiger partial charge on any atom is 0.0655 e. The fraction of sp³-hybridized carbons (Fsp3) is 0.786. The summed E-state index contributed by atoms with van der Waals surface area (Å²) < 4.78 is 7.77. The van der Waals surface area contributed by atoms with E-state index in [0.717, 1.165) is 26.1 Å². The van der Waals surface area contributed by atoms with Gasteiger partial charge >= 0.3 is 0 Å². The zero-order valence-corrected chi connectivity index (χ0v) is 12.0. The van der Waals surface area contributed by atoms with Crippen LogP contribution in [0, 0.1) is 5.41 Å². The Hall–Kier alpha value is -0.870. The Morgan fingerprint density at radius 3 is 2.83 bits per heavy atom. The number of nitrogens with zero attached hydrogens (tertiary/aromatic N) is 3. The summed E-state index contributed by atoms with van der Waals surface area (Å²) in [6.07, 6.45) is 5.41. The minimum absolute atomic E-state index is 0.259. The Labute approximate surface area is 110 Å². The van der Waals surface area contributed by atoms with Gasteiger partial charge in [-0.1, -0.05) is 13.8 Å². The molecule has 4 heteroatoms. The number of hydrogen-bond donors (Lipinski definition) is 0. The molecule has 2 rings (SSSR count). The van der Waals surface area contributed by atoms with Gasteiger partial charge in [0.1, 0.15) is 0 Å². The molecular formula is C14H25N3O. The normalized spacial score (nSPS) is 26.3. The van der Waals surface area contributed by atoms with E-state index in [1.807, 2.05) is 23.1 Å². The fourth-order valence-electron chi connectivity index (χ4n) is 2.95. The van der Waals surface area contributed by atoms with Gasteiger partial charge in [0.25, 0.3) is 0 Å². The van der Waals surface area contributed by atoms with Crippen LogP contribution in [0.1, 0.15) is 27.2 Å². The van der Waals surface area contributed by atoms with Crippen molar-refractivity contribution in [1.82, 2.24) is 14.7 Å². The van der Waals surface area contributed by atoms with Crippen LogP contribution >= 0.6 is 0 Å². The van der Waals surface area contributed by atoms with E-state index in [-0.39, 0.29) is 5.41 Å². The minimum atomic E-state index is 0.259. The summed E-state index contributed by atoms with van der Waals surface area (Å²) in [4.78, 5) is 2.44. The first-order chi connectivity index (χ1) is 8.55. The maximum atomic E-state index is 5.78. The van der Waals surface area contributed by atoms with Crippen molar-refractivity contribution in [2.75, 3.05) is 20.2 Å². The van der Waals surface area contributed by atoms with Crippen molar-refractivity contribution in [3.05, 3.63) is 18.5 Å². The van der Waals surface area contributed by atoms with Crippen molar-refractivity contribution in [2.45, 2.75) is 45.9 Å². The van der Waals surface area contributed by atoms with Crippen LogP contribution in [0.4, 0.5) is 0 Å². The second-order valence-electron chi connectivity index (χ2n) is 5.77. The fourth-order valence-corrected chi connectivity index (χ4v) is 2.95. The van der Waals surface area contributed by atoms with Gasteiger partial charge in [0, 0.05) is 37.0 Å². The van der Waals surface area contributed by atoms with E-state index in [9.17, 15) is 0 Å². The van der Waals surface area contributed by atoms with Crippen molar-refractivity contribution in [3.63, 3.8) is 0 Å². The van der Waals surface area contributed by atoms with Crippen LogP contribution in [-0.4, -0.2) is 47.0 Å². The molecule has 1 aromatic rings. The van der Waals surface area contributed by atoms with Gasteiger partial charge in [0.05, 0.1) is 12.6 Å². The number of ether oxygens (including phenoxy) is 1. The standard InChI is InChI=1S/C14H25N3O/c1-5-18-13-11-12(14(13,2)3)16(4)9-10-17-8-6-7-15-17/h6-8,12-13H,5,9-11H2,1-4H3. The first kappa shape index (κ1) is 13.6. The van der Waals surface area contributed by atoms with E-state index in [1.54, 1.807) is 0 Å². The molecule has 1 saturated carbocycles. The lowest BCUT2D eigenvalue weighted by molar-refractivity contribution is -0.145. The molecule has 0 radical (unpaired) electrons. The van der Waals surface area contributed by atoms with E-state index < -0.39 is 0 Å². The summed E-state index contributed by atoms with van der Waals surface area (Å²) in [5.41, 5.74) is 0.259. The molecule has 2 unspecified atom stereocenters. The quantitative estimate of drug-likeness (QED) is 0.775. The highest BCUT2D eigenvalue weighted by atomic mass is 16.5. The van der Waals surface area contributed by atoms with Gasteiger partial charge in [-0.15, -0.1) is 0 Å². The summed E-state index contributed by atoms with van der Waals surface area (Å²) in [6, 6.07) is 2.59. The highest BCUT2D eigenvalue weighted by molar-refractivity contribution is 5.03. The molecule has 1 aliphatic carbocycles. The van der Waals surface area contributed by atoms with Gasteiger partial charge < -0.3 is 9.64 Å². The minimum Gasteiger partial charge on any atom is -0.378 e. The summed E-state index contributed by atoms with van der Waals surface area (Å²) in [5, 5.41) is 4.24. The molecule has 0 aromatic carbocycles. The summed E-state index contributed by atoms with van der Waals surface area (Å²) >= 11 is 0. The van der Waals surface area contributed by atoms with Crippen LogP contribution in [0.5, 0.6) is 0 Å². The van der Waals surface area contributed by atoms with Crippen LogP contribution in [0.2, 0.25) is 0 Å². The van der Waals surface area contributed by atoms with Crippen LogP contribution < -0.4 is 0 Å². The predicted molar refractivity (Wildman–Crippen MR) is 72.5 cm³/mol. The number of likely N-dealkylation sites (N-methyl/N-ethyl adjacent to an activating group) is 1. The average Bonchev–Trinajstić information content (AvgIpc) is 2.84. The van der Waals surface area contributed by atoms with Crippen LogP contribution in [-0.2, 0) is 11.3 Å². The molecule has 0 bridgehead atoms. The molecule has 102 valence electrons. The number of rotatable bonds is 6. The molecule has 1 aromatic heterocycles. The van der Waals surface area contributed by atoms with Gasteiger partial charge in [0.2, 0.25) is 0 Å². The highest BCUT2D eigenvalue weighted by Crippen LogP contribution is 2.45. The second-order valence-corrected chi connectivity index (χ2v) is 5.77. The third-order valence-electron chi connectivity index (χ3n) is 4.27. The molecule has 4 nitrogen and oxygen atoms in total. The van der Waals surface area contributed by atoms with Crippen molar-refractivity contribution < 1.29 is 4.74 Å². The molecule has 0 N–H and O–H groups in total. The molecule has 2 atom stereocenters. The summed E-state index contributed by atoms with van der Waals surface area (Å²) in [6.45, 7) is 9.50. The monoisotopic (exact) mass is 251 g/mol. The van der Waals surface area contributed by atoms with Crippen LogP contribution in [0.15, 0.2) is 18.5 Å². The van der Waals surface area contributed by atoms with Crippen molar-refractivity contribution in [3.8, 4) is 0 Å². The smallest absolute Gasteiger partial charge is 0.0655 e. The third kappa shape index (κ3) is 2.59. The largest absolute Gasteiger partial charge is 0.378 e. The third-order valence-corrected chi connectivity index (χ3v) is 4.27. The highest BCUT2D eigenvalue weighted by Gasteiger charge is 2.50. The van der Waals surface area contributed by atoms with Crippen LogP contribution in [0.3, 0.4) is 0 Å². The molecule has 0 spiro atoms. The molecule has 0 amide bonds. The molecule has 1 heterocycles. The number of hydrogen-bond acceptors (Lipinski definition) is 3. The SMILES string of the molecule is CCOC1CC(N(C)CCn2cccn2)C1(C)C. The Balaban J connectivity index is 1.82. The van der Waals surface area contributed by atoms with Crippen molar-refractivity contribution >= 4 is 0 Å². The maximum absolute atomic E-state index is 5.78. The Kier molecular flexibility index (Phi) is 4.07. The summed E-state index contributed by atoms with van der Waals surface area (Å²) in [7, 11) is 2.21. The number of aromatic nitrogens is 2. The zero-order chi connectivity index (χ0) is 13.2.